The third-order valence-electron chi connectivity index (χ3n) is 6.77. The van der Waals surface area contributed by atoms with Gasteiger partial charge in [-0.15, -0.1) is 6.42 Å². The summed E-state index contributed by atoms with van der Waals surface area (Å²) < 4.78 is 29.4. The number of hydrogen-bond acceptors (Lipinski definition) is 12. The number of hydrogen-bond donors (Lipinski definition) is 3. The minimum Gasteiger partial charge on any atom is -0.400 e. The van der Waals surface area contributed by atoms with Gasteiger partial charge in [-0.25, -0.2) is 4.68 Å². The normalized spacial score (nSPS) is 19.7. The van der Waals surface area contributed by atoms with Gasteiger partial charge in [-0.1, -0.05) is 5.92 Å². The van der Waals surface area contributed by atoms with Crippen LogP contribution < -0.4 is 5.32 Å². The smallest absolute Gasteiger partial charge is 0.226 e. The predicted octanol–water partition coefficient (Wildman–Crippen LogP) is 1.33. The lowest BCUT2D eigenvalue weighted by atomic mass is 10.1. The van der Waals surface area contributed by atoms with E-state index in [1.807, 2.05) is 0 Å². The number of aromatic nitrogens is 4. The summed E-state index contributed by atoms with van der Waals surface area (Å²) >= 11 is 6.27. The zero-order valence-corrected chi connectivity index (χ0v) is 24.5. The molecule has 2 unspecified atom stereocenters. The first kappa shape index (κ1) is 33.4. The number of anilines is 1. The van der Waals surface area contributed by atoms with Crippen molar-refractivity contribution in [3.05, 3.63) is 11.5 Å². The van der Waals surface area contributed by atoms with Gasteiger partial charge in [-0.3, -0.25) is 0 Å². The number of terminal acetylenes is 1. The van der Waals surface area contributed by atoms with E-state index >= 15 is 0 Å². The lowest BCUT2D eigenvalue weighted by Gasteiger charge is -2.32. The Labute approximate surface area is 246 Å². The minimum absolute atomic E-state index is 0.000499. The lowest BCUT2D eigenvalue weighted by Crippen LogP contribution is -2.40. The summed E-state index contributed by atoms with van der Waals surface area (Å²) in [6, 6.07) is 0.278. The van der Waals surface area contributed by atoms with Crippen LogP contribution in [0.15, 0.2) is 6.20 Å². The van der Waals surface area contributed by atoms with Gasteiger partial charge in [0.05, 0.1) is 70.5 Å². The van der Waals surface area contributed by atoms with Crippen molar-refractivity contribution in [2.24, 2.45) is 0 Å². The summed E-state index contributed by atoms with van der Waals surface area (Å²) in [7, 11) is 1.00. The van der Waals surface area contributed by atoms with E-state index in [-0.39, 0.29) is 30.3 Å². The molecule has 2 aromatic heterocycles. The van der Waals surface area contributed by atoms with Crippen LogP contribution >= 0.6 is 11.6 Å². The van der Waals surface area contributed by atoms with Gasteiger partial charge in [-0.05, 0) is 37.3 Å². The van der Waals surface area contributed by atoms with Gasteiger partial charge in [0.15, 0.2) is 11.9 Å². The topological polar surface area (TPSA) is 145 Å². The number of rotatable bonds is 17. The van der Waals surface area contributed by atoms with Crippen LogP contribution in [0.2, 0.25) is 5.28 Å². The third-order valence-corrected chi connectivity index (χ3v) is 6.94. The first-order valence-corrected chi connectivity index (χ1v) is 14.4. The van der Waals surface area contributed by atoms with Crippen LogP contribution in [0.3, 0.4) is 0 Å². The van der Waals surface area contributed by atoms with E-state index in [0.29, 0.717) is 64.3 Å². The first-order valence-electron chi connectivity index (χ1n) is 14.0. The highest BCUT2D eigenvalue weighted by atomic mass is 35.5. The monoisotopic (exact) mass is 598 g/mol. The van der Waals surface area contributed by atoms with E-state index < -0.39 is 0 Å². The molecule has 41 heavy (non-hydrogen) atoms. The molecule has 0 saturated carbocycles. The molecule has 2 aliphatic rings. The molecule has 2 fully saturated rings. The highest BCUT2D eigenvalue weighted by Crippen LogP contribution is 2.32. The molecule has 13 nitrogen and oxygen atoms in total. The molecule has 2 atom stereocenters. The maximum Gasteiger partial charge on any atom is 0.226 e. The Kier molecular flexibility index (Phi) is 15.6. The van der Waals surface area contributed by atoms with Crippen molar-refractivity contribution < 1.29 is 33.9 Å². The van der Waals surface area contributed by atoms with Gasteiger partial charge in [0, 0.05) is 32.8 Å². The Morgan fingerprint density at radius 1 is 1.00 bits per heavy atom. The third kappa shape index (κ3) is 10.9. The standard InChI is InChI=1S/C26H39ClN6O6.CH4O/c1-2-10-35-12-14-37-16-17-38-15-13-36-11-9-32-7-5-20(6-8-32)29-24-22-18-28-33(25(22)31-26(27)30-24)23-4-3-21(19-34)39-23;1-2/h1,18,20-21,23,34H,3-17,19H2,(H,29,30,31);2H,1H3. The number of likely N-dealkylation sites (tertiary alicyclic amines) is 1. The molecule has 0 aromatic carbocycles. The molecule has 2 aromatic rings. The molecule has 0 radical (unpaired) electrons. The second kappa shape index (κ2) is 19.1. The van der Waals surface area contributed by atoms with E-state index in [0.717, 1.165) is 57.8 Å². The Balaban J connectivity index is 0.00000226. The largest absolute Gasteiger partial charge is 0.400 e. The fourth-order valence-corrected chi connectivity index (χ4v) is 4.86. The van der Waals surface area contributed by atoms with Gasteiger partial charge >= 0.3 is 0 Å². The quantitative estimate of drug-likeness (QED) is 0.137. The summed E-state index contributed by atoms with van der Waals surface area (Å²) in [5.74, 6) is 3.10. The minimum atomic E-state index is -0.264. The number of halogens is 1. The van der Waals surface area contributed by atoms with Crippen LogP contribution in [0, 0.1) is 12.3 Å². The second-order valence-corrected chi connectivity index (χ2v) is 9.83. The number of nitrogens with one attached hydrogen (secondary N) is 1. The first-order chi connectivity index (χ1) is 20.2. The Bertz CT molecular complexity index is 1050. The molecule has 4 heterocycles. The van der Waals surface area contributed by atoms with Crippen molar-refractivity contribution in [2.45, 2.75) is 44.1 Å². The lowest BCUT2D eigenvalue weighted by molar-refractivity contribution is -0.0262. The number of nitrogens with zero attached hydrogens (tertiary/aromatic N) is 5. The molecule has 3 N–H and O–H groups in total. The summed E-state index contributed by atoms with van der Waals surface area (Å²) in [6.45, 7) is 6.99. The molecule has 0 spiro atoms. The van der Waals surface area contributed by atoms with Crippen molar-refractivity contribution in [2.75, 3.05) is 91.5 Å². The molecule has 230 valence electrons. The number of aliphatic hydroxyl groups is 2. The number of fused-ring (bicyclic) bond motifs is 1. The molecule has 4 rings (SSSR count). The highest BCUT2D eigenvalue weighted by molar-refractivity contribution is 6.28. The fraction of sp³-hybridized carbons (Fsp3) is 0.741. The van der Waals surface area contributed by atoms with Crippen LogP contribution in [-0.4, -0.2) is 133 Å². The van der Waals surface area contributed by atoms with Crippen LogP contribution in [0.5, 0.6) is 0 Å². The van der Waals surface area contributed by atoms with Crippen LogP contribution in [0.25, 0.3) is 11.0 Å². The molecule has 0 amide bonds. The highest BCUT2D eigenvalue weighted by Gasteiger charge is 2.29. The zero-order chi connectivity index (χ0) is 29.3. The summed E-state index contributed by atoms with van der Waals surface area (Å²) in [4.78, 5) is 11.3. The van der Waals surface area contributed by atoms with E-state index in [4.69, 9.17) is 46.8 Å². The van der Waals surface area contributed by atoms with Crippen LogP contribution in [0.4, 0.5) is 5.82 Å². The van der Waals surface area contributed by atoms with Gasteiger partial charge in [-0.2, -0.15) is 15.1 Å². The molecular weight excluding hydrogens is 556 g/mol. The van der Waals surface area contributed by atoms with E-state index in [9.17, 15) is 5.11 Å². The zero-order valence-electron chi connectivity index (χ0n) is 23.8. The molecule has 0 aliphatic carbocycles. The number of ether oxygens (including phenoxy) is 5. The van der Waals surface area contributed by atoms with Gasteiger partial charge in [0.25, 0.3) is 0 Å². The Morgan fingerprint density at radius 2 is 1.66 bits per heavy atom. The summed E-state index contributed by atoms with van der Waals surface area (Å²) in [5, 5.41) is 25.4. The van der Waals surface area contributed by atoms with Crippen molar-refractivity contribution in [1.82, 2.24) is 24.6 Å². The average Bonchev–Trinajstić information content (AvgIpc) is 3.64. The molecular formula is C27H43ClN6O7. The Morgan fingerprint density at radius 3 is 2.29 bits per heavy atom. The molecule has 0 bridgehead atoms. The van der Waals surface area contributed by atoms with Gasteiger partial charge in [0.1, 0.15) is 12.4 Å². The van der Waals surface area contributed by atoms with Crippen molar-refractivity contribution in [3.63, 3.8) is 0 Å². The van der Waals surface area contributed by atoms with E-state index in [1.54, 1.807) is 10.9 Å². The van der Waals surface area contributed by atoms with E-state index in [1.165, 1.54) is 0 Å². The maximum atomic E-state index is 9.39. The Hall–Kier alpha value is -2.12. The van der Waals surface area contributed by atoms with Crippen molar-refractivity contribution in [3.8, 4) is 12.3 Å². The molecule has 14 heteroatoms. The number of aliphatic hydroxyl groups excluding tert-OH is 2. The van der Waals surface area contributed by atoms with Gasteiger partial charge < -0.3 is 44.1 Å². The van der Waals surface area contributed by atoms with Crippen molar-refractivity contribution in [1.29, 1.82) is 0 Å². The molecule has 2 saturated heterocycles. The average molecular weight is 599 g/mol. The molecule has 2 aliphatic heterocycles. The SMILES string of the molecule is C#CCOCCOCCOCCOCCN1CCC(Nc2nc(Cl)nc3c2cnn3C2CCC(CO)O2)CC1.CO. The van der Waals surface area contributed by atoms with E-state index in [2.05, 4.69) is 31.2 Å². The van der Waals surface area contributed by atoms with Crippen LogP contribution in [-0.2, 0) is 23.7 Å². The fourth-order valence-electron chi connectivity index (χ4n) is 4.70. The maximum absolute atomic E-state index is 9.39. The number of piperidine rings is 1. The predicted molar refractivity (Wildman–Crippen MR) is 154 cm³/mol. The second-order valence-electron chi connectivity index (χ2n) is 9.49. The van der Waals surface area contributed by atoms with Crippen LogP contribution in [0.1, 0.15) is 31.9 Å². The van der Waals surface area contributed by atoms with Crippen molar-refractivity contribution >= 4 is 28.5 Å². The summed E-state index contributed by atoms with van der Waals surface area (Å²) in [6.07, 6.45) is 9.94. The summed E-state index contributed by atoms with van der Waals surface area (Å²) in [5.41, 5.74) is 0.637. The van der Waals surface area contributed by atoms with Gasteiger partial charge in [0.2, 0.25) is 5.28 Å².